The summed E-state index contributed by atoms with van der Waals surface area (Å²) in [5.41, 5.74) is 0. The lowest BCUT2D eigenvalue weighted by Crippen LogP contribution is -3.10. The summed E-state index contributed by atoms with van der Waals surface area (Å²) in [6.07, 6.45) is 2.43. The molecule has 22 heavy (non-hydrogen) atoms. The maximum Gasteiger partial charge on any atom is 0.235 e. The third kappa shape index (κ3) is 2.12. The number of quaternary nitrogens is 1. The smallest absolute Gasteiger partial charge is 0.235 e. The summed E-state index contributed by atoms with van der Waals surface area (Å²) in [6, 6.07) is 4.02. The van der Waals surface area contributed by atoms with Crippen LogP contribution in [0.2, 0.25) is 0 Å². The van der Waals surface area contributed by atoms with E-state index in [4.69, 9.17) is 4.42 Å². The van der Waals surface area contributed by atoms with Crippen LogP contribution in [0.4, 0.5) is 0 Å². The number of hydrogen-bond donors (Lipinski definition) is 2. The van der Waals surface area contributed by atoms with Crippen LogP contribution in [0.25, 0.3) is 4.96 Å². The Labute approximate surface area is 132 Å². The van der Waals surface area contributed by atoms with Crippen molar-refractivity contribution >= 4 is 16.3 Å². The molecule has 4 heterocycles. The predicted octanol–water partition coefficient (Wildman–Crippen LogP) is 1.47. The summed E-state index contributed by atoms with van der Waals surface area (Å²) in [5.74, 6) is 2.67. The third-order valence-corrected chi connectivity index (χ3v) is 5.35. The van der Waals surface area contributed by atoms with Crippen LogP contribution in [0.5, 0.6) is 5.88 Å². The van der Waals surface area contributed by atoms with Crippen molar-refractivity contribution in [1.82, 2.24) is 14.6 Å². The van der Waals surface area contributed by atoms with Crippen molar-refractivity contribution in [2.45, 2.75) is 32.7 Å². The van der Waals surface area contributed by atoms with Crippen LogP contribution < -0.4 is 4.90 Å². The number of fused-ring (bicyclic) bond motifs is 1. The van der Waals surface area contributed by atoms with E-state index in [-0.39, 0.29) is 11.9 Å². The number of aromatic nitrogens is 3. The molecule has 1 fully saturated rings. The van der Waals surface area contributed by atoms with E-state index in [1.54, 1.807) is 0 Å². The second kappa shape index (κ2) is 5.10. The molecule has 0 aliphatic carbocycles. The standard InChI is InChI=1S/C15H18N4O2S/c1-9-5-6-11(21-9)12(18-7-3-4-8-18)13-14(20)19-15(22-13)16-10(2)17-19/h5-6,12,20H,3-4,7-8H2,1-2H3/p+1/t12-/m1/s1. The molecule has 1 aliphatic rings. The van der Waals surface area contributed by atoms with E-state index in [2.05, 4.69) is 10.1 Å². The summed E-state index contributed by atoms with van der Waals surface area (Å²) >= 11 is 1.50. The molecule has 2 N–H and O–H groups in total. The Kier molecular flexibility index (Phi) is 3.19. The zero-order valence-corrected chi connectivity index (χ0v) is 13.5. The molecule has 7 heteroatoms. The molecular weight excluding hydrogens is 300 g/mol. The van der Waals surface area contributed by atoms with Gasteiger partial charge in [0, 0.05) is 12.8 Å². The average molecular weight is 319 g/mol. The Morgan fingerprint density at radius 2 is 2.09 bits per heavy atom. The van der Waals surface area contributed by atoms with E-state index in [0.717, 1.165) is 34.4 Å². The van der Waals surface area contributed by atoms with E-state index in [1.807, 2.05) is 26.0 Å². The first-order valence-electron chi connectivity index (χ1n) is 7.59. The predicted molar refractivity (Wildman–Crippen MR) is 82.5 cm³/mol. The van der Waals surface area contributed by atoms with Crippen LogP contribution >= 0.6 is 11.3 Å². The molecule has 0 saturated carbocycles. The number of aryl methyl sites for hydroxylation is 2. The van der Waals surface area contributed by atoms with E-state index in [1.165, 1.54) is 33.6 Å². The van der Waals surface area contributed by atoms with Gasteiger partial charge < -0.3 is 14.4 Å². The summed E-state index contributed by atoms with van der Waals surface area (Å²) in [4.78, 5) is 7.43. The lowest BCUT2D eigenvalue weighted by atomic mass is 10.1. The SMILES string of the molecule is Cc1nc2sc([C@@H](c3ccc(C)o3)[NH+]3CCCC3)c(O)n2n1. The highest BCUT2D eigenvalue weighted by Crippen LogP contribution is 2.35. The van der Waals surface area contributed by atoms with Gasteiger partial charge in [0.05, 0.1) is 13.1 Å². The maximum absolute atomic E-state index is 10.6. The molecule has 3 aromatic heterocycles. The summed E-state index contributed by atoms with van der Waals surface area (Å²) < 4.78 is 7.42. The highest BCUT2D eigenvalue weighted by Gasteiger charge is 2.36. The average Bonchev–Trinajstić information content (AvgIpc) is 3.22. The Balaban J connectivity index is 1.84. The van der Waals surface area contributed by atoms with Gasteiger partial charge in [-0.15, -0.1) is 5.10 Å². The molecule has 0 bridgehead atoms. The highest BCUT2D eigenvalue weighted by molar-refractivity contribution is 7.17. The van der Waals surface area contributed by atoms with Gasteiger partial charge in [0.1, 0.15) is 16.5 Å². The van der Waals surface area contributed by atoms with Gasteiger partial charge in [-0.1, -0.05) is 11.3 Å². The van der Waals surface area contributed by atoms with E-state index >= 15 is 0 Å². The zero-order chi connectivity index (χ0) is 15.3. The van der Waals surface area contributed by atoms with Gasteiger partial charge >= 0.3 is 0 Å². The molecule has 0 spiro atoms. The first-order valence-corrected chi connectivity index (χ1v) is 8.41. The fourth-order valence-electron chi connectivity index (χ4n) is 3.28. The number of thiazole rings is 1. The van der Waals surface area contributed by atoms with Crippen molar-refractivity contribution in [1.29, 1.82) is 0 Å². The van der Waals surface area contributed by atoms with Crippen molar-refractivity contribution < 1.29 is 14.4 Å². The van der Waals surface area contributed by atoms with Crippen LogP contribution in [-0.2, 0) is 0 Å². The molecule has 6 nitrogen and oxygen atoms in total. The number of furan rings is 1. The van der Waals surface area contributed by atoms with Gasteiger partial charge in [0.15, 0.2) is 11.8 Å². The second-order valence-corrected chi connectivity index (χ2v) is 6.90. The van der Waals surface area contributed by atoms with Gasteiger partial charge in [-0.2, -0.15) is 4.52 Å². The second-order valence-electron chi connectivity index (χ2n) is 5.89. The minimum Gasteiger partial charge on any atom is -0.492 e. The molecule has 0 radical (unpaired) electrons. The van der Waals surface area contributed by atoms with Crippen LogP contribution in [0.15, 0.2) is 16.5 Å². The largest absolute Gasteiger partial charge is 0.492 e. The quantitative estimate of drug-likeness (QED) is 0.767. The molecule has 4 rings (SSSR count). The van der Waals surface area contributed by atoms with Gasteiger partial charge in [0.25, 0.3) is 0 Å². The van der Waals surface area contributed by atoms with Crippen molar-refractivity contribution in [3.05, 3.63) is 34.4 Å². The van der Waals surface area contributed by atoms with Gasteiger partial charge in [-0.05, 0) is 26.0 Å². The summed E-state index contributed by atoms with van der Waals surface area (Å²) in [6.45, 7) is 5.97. The number of hydrogen-bond acceptors (Lipinski definition) is 5. The molecule has 0 aromatic carbocycles. The van der Waals surface area contributed by atoms with Crippen LogP contribution in [0, 0.1) is 13.8 Å². The van der Waals surface area contributed by atoms with Crippen LogP contribution in [-0.4, -0.2) is 32.8 Å². The molecule has 1 aliphatic heterocycles. The summed E-state index contributed by atoms with van der Waals surface area (Å²) in [5, 5.41) is 14.9. The van der Waals surface area contributed by atoms with Crippen molar-refractivity contribution in [2.75, 3.05) is 13.1 Å². The first-order chi connectivity index (χ1) is 10.6. The number of rotatable bonds is 3. The molecule has 1 saturated heterocycles. The maximum atomic E-state index is 10.6. The topological polar surface area (TPSA) is 68.0 Å². The van der Waals surface area contributed by atoms with E-state index in [9.17, 15) is 5.11 Å². The molecular formula is C15H19N4O2S+. The van der Waals surface area contributed by atoms with Crippen LogP contribution in [0.3, 0.4) is 0 Å². The minimum absolute atomic E-state index is 0.0185. The Bertz CT molecular complexity index is 813. The normalized spacial score (nSPS) is 17.5. The number of likely N-dealkylation sites (tertiary alicyclic amines) is 1. The summed E-state index contributed by atoms with van der Waals surface area (Å²) in [7, 11) is 0. The number of nitrogens with one attached hydrogen (secondary N) is 1. The fourth-order valence-corrected chi connectivity index (χ4v) is 4.44. The van der Waals surface area contributed by atoms with Crippen molar-refractivity contribution in [3.8, 4) is 5.88 Å². The van der Waals surface area contributed by atoms with Gasteiger partial charge in [-0.3, -0.25) is 0 Å². The van der Waals surface area contributed by atoms with Gasteiger partial charge in [0.2, 0.25) is 10.8 Å². The minimum atomic E-state index is 0.0185. The van der Waals surface area contributed by atoms with Crippen molar-refractivity contribution in [2.24, 2.45) is 0 Å². The first kappa shape index (κ1) is 13.8. The lowest BCUT2D eigenvalue weighted by Gasteiger charge is -2.21. The molecule has 0 unspecified atom stereocenters. The van der Waals surface area contributed by atoms with E-state index < -0.39 is 0 Å². The number of aromatic hydroxyl groups is 1. The molecule has 3 aromatic rings. The van der Waals surface area contributed by atoms with Gasteiger partial charge in [-0.25, -0.2) is 4.98 Å². The molecule has 1 atom stereocenters. The number of nitrogens with zero attached hydrogens (tertiary/aromatic N) is 3. The fraction of sp³-hybridized carbons (Fsp3) is 0.467. The third-order valence-electron chi connectivity index (χ3n) is 4.27. The van der Waals surface area contributed by atoms with Crippen molar-refractivity contribution in [3.63, 3.8) is 0 Å². The zero-order valence-electron chi connectivity index (χ0n) is 12.7. The molecule has 0 amide bonds. The highest BCUT2D eigenvalue weighted by atomic mass is 32.1. The van der Waals surface area contributed by atoms with Crippen LogP contribution in [0.1, 0.15) is 41.1 Å². The Morgan fingerprint density at radius 1 is 1.32 bits per heavy atom. The van der Waals surface area contributed by atoms with E-state index in [0.29, 0.717) is 5.82 Å². The molecule has 116 valence electrons. The Hall–Kier alpha value is -1.86. The lowest BCUT2D eigenvalue weighted by molar-refractivity contribution is -0.914. The monoisotopic (exact) mass is 319 g/mol. The Morgan fingerprint density at radius 3 is 2.73 bits per heavy atom.